The number of rotatable bonds is 5. The van der Waals surface area contributed by atoms with Crippen molar-refractivity contribution >= 4 is 0 Å². The second kappa shape index (κ2) is 6.54. The van der Waals surface area contributed by atoms with Crippen LogP contribution in [0.2, 0.25) is 0 Å². The van der Waals surface area contributed by atoms with E-state index in [1.165, 1.54) is 36.4 Å². The van der Waals surface area contributed by atoms with Crippen molar-refractivity contribution in [2.24, 2.45) is 20.0 Å². The van der Waals surface area contributed by atoms with Gasteiger partial charge in [0.05, 0.1) is 0 Å². The Morgan fingerprint density at radius 1 is 1.17 bits per heavy atom. The lowest BCUT2D eigenvalue weighted by Gasteiger charge is -2.35. The first-order chi connectivity index (χ1) is 11.1. The minimum absolute atomic E-state index is 0.221. The third kappa shape index (κ3) is 3.15. The fraction of sp³-hybridized carbons (Fsp3) is 0.444. The molecule has 1 unspecified atom stereocenters. The Hall–Kier alpha value is -2.14. The molecule has 2 aromatic rings. The SMILES string of the molecule is Cn1cc(CNC(c2ccccc2)C2CCC2)c(=O)n(C)c1=O. The number of nitrogens with zero attached hydrogens (tertiary/aromatic N) is 2. The third-order valence-electron chi connectivity index (χ3n) is 4.81. The molecule has 1 aromatic carbocycles. The smallest absolute Gasteiger partial charge is 0.305 e. The molecule has 0 saturated heterocycles. The van der Waals surface area contributed by atoms with Gasteiger partial charge in [-0.2, -0.15) is 0 Å². The van der Waals surface area contributed by atoms with E-state index in [1.807, 2.05) is 18.2 Å². The largest absolute Gasteiger partial charge is 0.330 e. The molecule has 1 atom stereocenters. The Kier molecular flexibility index (Phi) is 4.48. The van der Waals surface area contributed by atoms with Gasteiger partial charge in [0.25, 0.3) is 5.56 Å². The highest BCUT2D eigenvalue weighted by atomic mass is 16.2. The number of hydrogen-bond donors (Lipinski definition) is 1. The van der Waals surface area contributed by atoms with Gasteiger partial charge < -0.3 is 9.88 Å². The van der Waals surface area contributed by atoms with E-state index in [0.717, 1.165) is 4.57 Å². The van der Waals surface area contributed by atoms with Crippen LogP contribution >= 0.6 is 0 Å². The molecule has 0 radical (unpaired) electrons. The fourth-order valence-electron chi connectivity index (χ4n) is 3.21. The zero-order valence-electron chi connectivity index (χ0n) is 13.7. The number of aromatic nitrogens is 2. The van der Waals surface area contributed by atoms with Gasteiger partial charge in [-0.15, -0.1) is 0 Å². The molecule has 0 amide bonds. The maximum absolute atomic E-state index is 12.3. The van der Waals surface area contributed by atoms with E-state index in [-0.39, 0.29) is 17.3 Å². The van der Waals surface area contributed by atoms with E-state index >= 15 is 0 Å². The van der Waals surface area contributed by atoms with Gasteiger partial charge in [0, 0.05) is 38.4 Å². The Balaban J connectivity index is 1.83. The lowest BCUT2D eigenvalue weighted by molar-refractivity contribution is 0.229. The van der Waals surface area contributed by atoms with E-state index in [9.17, 15) is 9.59 Å². The molecule has 1 heterocycles. The summed E-state index contributed by atoms with van der Waals surface area (Å²) in [5.41, 5.74) is 1.37. The first kappa shape index (κ1) is 15.7. The monoisotopic (exact) mass is 313 g/mol. The summed E-state index contributed by atoms with van der Waals surface area (Å²) < 4.78 is 2.62. The van der Waals surface area contributed by atoms with Crippen LogP contribution in [-0.4, -0.2) is 9.13 Å². The van der Waals surface area contributed by atoms with Gasteiger partial charge in [0.15, 0.2) is 0 Å². The van der Waals surface area contributed by atoms with E-state index < -0.39 is 0 Å². The first-order valence-corrected chi connectivity index (χ1v) is 8.12. The molecule has 23 heavy (non-hydrogen) atoms. The summed E-state index contributed by atoms with van der Waals surface area (Å²) >= 11 is 0. The van der Waals surface area contributed by atoms with Crippen LogP contribution in [0, 0.1) is 5.92 Å². The second-order valence-electron chi connectivity index (χ2n) is 6.37. The summed E-state index contributed by atoms with van der Waals surface area (Å²) in [4.78, 5) is 24.0. The van der Waals surface area contributed by atoms with Crippen LogP contribution in [0.3, 0.4) is 0 Å². The molecular formula is C18H23N3O2. The maximum atomic E-state index is 12.3. The summed E-state index contributed by atoms with van der Waals surface area (Å²) in [6, 6.07) is 10.6. The molecular weight excluding hydrogens is 290 g/mol. The lowest BCUT2D eigenvalue weighted by atomic mass is 9.77. The molecule has 3 rings (SSSR count). The highest BCUT2D eigenvalue weighted by Crippen LogP contribution is 2.37. The van der Waals surface area contributed by atoms with Crippen molar-refractivity contribution in [3.63, 3.8) is 0 Å². The molecule has 122 valence electrons. The van der Waals surface area contributed by atoms with Crippen molar-refractivity contribution in [1.29, 1.82) is 0 Å². The molecule has 1 aromatic heterocycles. The number of aryl methyl sites for hydroxylation is 1. The van der Waals surface area contributed by atoms with Gasteiger partial charge in [-0.3, -0.25) is 9.36 Å². The summed E-state index contributed by atoms with van der Waals surface area (Å²) in [7, 11) is 3.20. The zero-order chi connectivity index (χ0) is 16.4. The van der Waals surface area contributed by atoms with E-state index in [2.05, 4.69) is 17.4 Å². The number of nitrogens with one attached hydrogen (secondary N) is 1. The van der Waals surface area contributed by atoms with E-state index in [0.29, 0.717) is 18.0 Å². The van der Waals surface area contributed by atoms with Crippen LogP contribution in [0.25, 0.3) is 0 Å². The average Bonchev–Trinajstić information content (AvgIpc) is 2.52. The minimum Gasteiger partial charge on any atom is -0.305 e. The van der Waals surface area contributed by atoms with Crippen molar-refractivity contribution in [3.8, 4) is 0 Å². The normalized spacial score (nSPS) is 16.1. The minimum atomic E-state index is -0.294. The summed E-state index contributed by atoms with van der Waals surface area (Å²) in [6.07, 6.45) is 5.35. The van der Waals surface area contributed by atoms with E-state index in [1.54, 1.807) is 13.2 Å². The van der Waals surface area contributed by atoms with Crippen molar-refractivity contribution in [2.45, 2.75) is 31.8 Å². The Labute approximate surface area is 135 Å². The maximum Gasteiger partial charge on any atom is 0.330 e. The van der Waals surface area contributed by atoms with Crippen molar-refractivity contribution < 1.29 is 0 Å². The van der Waals surface area contributed by atoms with Gasteiger partial charge in [0.1, 0.15) is 0 Å². The van der Waals surface area contributed by atoms with Gasteiger partial charge in [-0.25, -0.2) is 4.79 Å². The van der Waals surface area contributed by atoms with Crippen LogP contribution in [-0.2, 0) is 20.6 Å². The van der Waals surface area contributed by atoms with Crippen molar-refractivity contribution in [1.82, 2.24) is 14.5 Å². The zero-order valence-corrected chi connectivity index (χ0v) is 13.7. The molecule has 0 bridgehead atoms. The number of benzene rings is 1. The number of hydrogen-bond acceptors (Lipinski definition) is 3. The van der Waals surface area contributed by atoms with Crippen LogP contribution < -0.4 is 16.6 Å². The second-order valence-corrected chi connectivity index (χ2v) is 6.37. The first-order valence-electron chi connectivity index (χ1n) is 8.12. The van der Waals surface area contributed by atoms with Gasteiger partial charge in [-0.05, 0) is 24.3 Å². The summed E-state index contributed by atoms with van der Waals surface area (Å²) in [5.74, 6) is 0.619. The van der Waals surface area contributed by atoms with Gasteiger partial charge in [0.2, 0.25) is 0 Å². The highest BCUT2D eigenvalue weighted by Gasteiger charge is 2.28. The quantitative estimate of drug-likeness (QED) is 0.914. The molecule has 0 spiro atoms. The Morgan fingerprint density at radius 3 is 2.48 bits per heavy atom. The molecule has 0 aliphatic heterocycles. The van der Waals surface area contributed by atoms with Gasteiger partial charge in [-0.1, -0.05) is 36.8 Å². The Morgan fingerprint density at radius 2 is 1.87 bits per heavy atom. The standard InChI is InChI=1S/C18H23N3O2/c1-20-12-15(17(22)21(2)18(20)23)11-19-16(14-9-6-10-14)13-7-4-3-5-8-13/h3-5,7-8,12,14,16,19H,6,9-11H2,1-2H3. The molecule has 5 heteroatoms. The molecule has 5 nitrogen and oxygen atoms in total. The van der Waals surface area contributed by atoms with Crippen LogP contribution in [0.1, 0.15) is 36.4 Å². The molecule has 1 aliphatic carbocycles. The third-order valence-corrected chi connectivity index (χ3v) is 4.81. The highest BCUT2D eigenvalue weighted by molar-refractivity contribution is 5.21. The molecule has 1 N–H and O–H groups in total. The molecule has 1 fully saturated rings. The molecule has 1 saturated carbocycles. The summed E-state index contributed by atoms with van der Waals surface area (Å²) in [5, 5.41) is 3.54. The van der Waals surface area contributed by atoms with Crippen LogP contribution in [0.4, 0.5) is 0 Å². The Bertz CT molecular complexity index is 788. The fourth-order valence-corrected chi connectivity index (χ4v) is 3.21. The van der Waals surface area contributed by atoms with E-state index in [4.69, 9.17) is 0 Å². The molecule has 1 aliphatic rings. The predicted molar refractivity (Wildman–Crippen MR) is 90.3 cm³/mol. The van der Waals surface area contributed by atoms with Crippen LogP contribution in [0.15, 0.2) is 46.1 Å². The summed E-state index contributed by atoms with van der Waals surface area (Å²) in [6.45, 7) is 0.469. The lowest BCUT2D eigenvalue weighted by Crippen LogP contribution is -2.40. The van der Waals surface area contributed by atoms with Crippen molar-refractivity contribution in [3.05, 3.63) is 68.5 Å². The van der Waals surface area contributed by atoms with Crippen molar-refractivity contribution in [2.75, 3.05) is 0 Å². The predicted octanol–water partition coefficient (Wildman–Crippen LogP) is 1.72. The topological polar surface area (TPSA) is 56.0 Å². The van der Waals surface area contributed by atoms with Gasteiger partial charge >= 0.3 is 5.69 Å². The average molecular weight is 313 g/mol. The van der Waals surface area contributed by atoms with Crippen LogP contribution in [0.5, 0.6) is 0 Å².